The zero-order chi connectivity index (χ0) is 14.0. The number of halogens is 1. The van der Waals surface area contributed by atoms with Crippen molar-refractivity contribution >= 4 is 32.4 Å². The lowest BCUT2D eigenvalue weighted by Gasteiger charge is -2.11. The molecule has 0 amide bonds. The molecule has 5 heteroatoms. The van der Waals surface area contributed by atoms with Gasteiger partial charge in [-0.1, -0.05) is 15.9 Å². The first-order valence-corrected chi connectivity index (χ1v) is 7.99. The van der Waals surface area contributed by atoms with Gasteiger partial charge < -0.3 is 10.5 Å². The number of rotatable bonds is 3. The van der Waals surface area contributed by atoms with Crippen molar-refractivity contribution in [2.45, 2.75) is 11.8 Å². The van der Waals surface area contributed by atoms with Crippen LogP contribution in [0.2, 0.25) is 0 Å². The van der Waals surface area contributed by atoms with Crippen LogP contribution in [0.25, 0.3) is 0 Å². The number of benzene rings is 2. The van der Waals surface area contributed by atoms with Crippen molar-refractivity contribution in [1.29, 1.82) is 0 Å². The maximum atomic E-state index is 11.3. The molecule has 19 heavy (non-hydrogen) atoms. The van der Waals surface area contributed by atoms with Gasteiger partial charge in [0, 0.05) is 26.4 Å². The quantitative estimate of drug-likeness (QED) is 0.863. The monoisotopic (exact) mass is 339 g/mol. The molecule has 100 valence electrons. The van der Waals surface area contributed by atoms with E-state index in [0.717, 1.165) is 14.9 Å². The second kappa shape index (κ2) is 5.75. The van der Waals surface area contributed by atoms with Gasteiger partial charge in [-0.3, -0.25) is 4.21 Å². The van der Waals surface area contributed by atoms with Gasteiger partial charge >= 0.3 is 0 Å². The van der Waals surface area contributed by atoms with Crippen molar-refractivity contribution in [3.8, 4) is 11.5 Å². The maximum absolute atomic E-state index is 11.3. The Hall–Kier alpha value is -1.33. The molecular weight excluding hydrogens is 326 g/mol. The van der Waals surface area contributed by atoms with Crippen molar-refractivity contribution in [3.63, 3.8) is 0 Å². The van der Waals surface area contributed by atoms with Crippen LogP contribution in [-0.2, 0) is 10.8 Å². The van der Waals surface area contributed by atoms with Crippen LogP contribution in [0.1, 0.15) is 5.56 Å². The Labute approximate surface area is 123 Å². The summed E-state index contributed by atoms with van der Waals surface area (Å²) in [7, 11) is -0.983. The van der Waals surface area contributed by atoms with E-state index in [0.29, 0.717) is 17.2 Å². The van der Waals surface area contributed by atoms with Gasteiger partial charge in [-0.15, -0.1) is 0 Å². The molecule has 2 rings (SSSR count). The summed E-state index contributed by atoms with van der Waals surface area (Å²) < 4.78 is 18.0. The summed E-state index contributed by atoms with van der Waals surface area (Å²) in [5, 5.41) is 0. The molecule has 1 atom stereocenters. The highest BCUT2D eigenvalue weighted by molar-refractivity contribution is 9.10. The van der Waals surface area contributed by atoms with E-state index in [2.05, 4.69) is 15.9 Å². The fourth-order valence-corrected chi connectivity index (χ4v) is 2.70. The summed E-state index contributed by atoms with van der Waals surface area (Å²) in [6.07, 6.45) is 1.64. The van der Waals surface area contributed by atoms with Crippen LogP contribution in [-0.4, -0.2) is 10.5 Å². The van der Waals surface area contributed by atoms with Crippen LogP contribution < -0.4 is 10.5 Å². The Bertz CT molecular complexity index is 626. The largest absolute Gasteiger partial charge is 0.455 e. The third-order valence-electron chi connectivity index (χ3n) is 2.70. The number of hydrogen-bond acceptors (Lipinski definition) is 3. The molecule has 3 nitrogen and oxygen atoms in total. The van der Waals surface area contributed by atoms with Crippen LogP contribution in [0.15, 0.2) is 45.8 Å². The van der Waals surface area contributed by atoms with E-state index in [1.807, 2.05) is 19.1 Å². The van der Waals surface area contributed by atoms with Gasteiger partial charge in [-0.25, -0.2) is 0 Å². The minimum Gasteiger partial charge on any atom is -0.455 e. The minimum atomic E-state index is -0.983. The van der Waals surface area contributed by atoms with E-state index in [9.17, 15) is 4.21 Å². The first-order valence-electron chi connectivity index (χ1n) is 5.64. The number of aryl methyl sites for hydroxylation is 1. The molecule has 2 aromatic rings. The molecule has 0 aromatic heterocycles. The van der Waals surface area contributed by atoms with Crippen LogP contribution >= 0.6 is 15.9 Å². The van der Waals surface area contributed by atoms with Gasteiger partial charge in [-0.2, -0.15) is 0 Å². The second-order valence-electron chi connectivity index (χ2n) is 4.16. The molecule has 0 aliphatic carbocycles. The zero-order valence-corrected chi connectivity index (χ0v) is 13.0. The fourth-order valence-electron chi connectivity index (χ4n) is 1.63. The molecule has 0 spiro atoms. The first kappa shape index (κ1) is 14.1. The summed E-state index contributed by atoms with van der Waals surface area (Å²) in [5.74, 6) is 1.27. The molecule has 0 radical (unpaired) electrons. The van der Waals surface area contributed by atoms with E-state index in [1.54, 1.807) is 30.5 Å². The Morgan fingerprint density at radius 2 is 1.84 bits per heavy atom. The number of ether oxygens (including phenoxy) is 1. The Morgan fingerprint density at radius 3 is 2.42 bits per heavy atom. The van der Waals surface area contributed by atoms with E-state index >= 15 is 0 Å². The number of nitrogens with two attached hydrogens (primary N) is 1. The maximum Gasteiger partial charge on any atom is 0.151 e. The molecule has 0 heterocycles. The van der Waals surface area contributed by atoms with Crippen molar-refractivity contribution in [1.82, 2.24) is 0 Å². The standard InChI is InChI=1S/C14H14BrNO2S/c1-9-7-10(15)8-13(14(9)16)18-11-3-5-12(6-4-11)19(2)17/h3-8H,16H2,1-2H3. The second-order valence-corrected chi connectivity index (χ2v) is 6.46. The van der Waals surface area contributed by atoms with E-state index in [4.69, 9.17) is 10.5 Å². The Morgan fingerprint density at radius 1 is 1.21 bits per heavy atom. The molecule has 0 saturated heterocycles. The highest BCUT2D eigenvalue weighted by Gasteiger charge is 2.07. The number of anilines is 1. The molecule has 0 aliphatic rings. The number of nitrogen functional groups attached to an aromatic ring is 1. The van der Waals surface area contributed by atoms with Crippen molar-refractivity contribution in [3.05, 3.63) is 46.4 Å². The molecule has 0 bridgehead atoms. The third-order valence-corrected chi connectivity index (χ3v) is 4.09. The first-order chi connectivity index (χ1) is 8.97. The molecular formula is C14H14BrNO2S. The smallest absolute Gasteiger partial charge is 0.151 e. The van der Waals surface area contributed by atoms with Crippen molar-refractivity contribution in [2.24, 2.45) is 0 Å². The number of hydrogen-bond donors (Lipinski definition) is 1. The summed E-state index contributed by atoms with van der Waals surface area (Å²) in [5.41, 5.74) is 7.55. The van der Waals surface area contributed by atoms with Gasteiger partial charge in [0.2, 0.25) is 0 Å². The topological polar surface area (TPSA) is 52.3 Å². The van der Waals surface area contributed by atoms with Gasteiger partial charge in [0.1, 0.15) is 5.75 Å². The van der Waals surface area contributed by atoms with E-state index < -0.39 is 10.8 Å². The Kier molecular flexibility index (Phi) is 4.27. The lowest BCUT2D eigenvalue weighted by molar-refractivity contribution is 0.484. The fraction of sp³-hybridized carbons (Fsp3) is 0.143. The van der Waals surface area contributed by atoms with Crippen LogP contribution in [0.3, 0.4) is 0 Å². The zero-order valence-electron chi connectivity index (χ0n) is 10.6. The van der Waals surface area contributed by atoms with Crippen molar-refractivity contribution < 1.29 is 8.95 Å². The SMILES string of the molecule is Cc1cc(Br)cc(Oc2ccc(S(C)=O)cc2)c1N. The summed E-state index contributed by atoms with van der Waals surface area (Å²) in [6, 6.07) is 10.9. The third kappa shape index (κ3) is 3.36. The molecule has 0 saturated carbocycles. The van der Waals surface area contributed by atoms with E-state index in [-0.39, 0.29) is 0 Å². The lowest BCUT2D eigenvalue weighted by Crippen LogP contribution is -1.95. The van der Waals surface area contributed by atoms with Gasteiger partial charge in [0.25, 0.3) is 0 Å². The van der Waals surface area contributed by atoms with Gasteiger partial charge in [0.05, 0.1) is 5.69 Å². The summed E-state index contributed by atoms with van der Waals surface area (Å²) >= 11 is 3.42. The lowest BCUT2D eigenvalue weighted by atomic mass is 10.2. The Balaban J connectivity index is 2.28. The molecule has 0 aliphatic heterocycles. The molecule has 2 N–H and O–H groups in total. The normalized spacial score (nSPS) is 12.2. The van der Waals surface area contributed by atoms with Crippen molar-refractivity contribution in [2.75, 3.05) is 12.0 Å². The highest BCUT2D eigenvalue weighted by atomic mass is 79.9. The predicted molar refractivity (Wildman–Crippen MR) is 82.1 cm³/mol. The average Bonchev–Trinajstić information content (AvgIpc) is 2.36. The minimum absolute atomic E-state index is 0.609. The molecule has 2 aromatic carbocycles. The van der Waals surface area contributed by atoms with Crippen LogP contribution in [0.4, 0.5) is 5.69 Å². The van der Waals surface area contributed by atoms with E-state index in [1.165, 1.54) is 0 Å². The van der Waals surface area contributed by atoms with Gasteiger partial charge in [-0.05, 0) is 48.9 Å². The van der Waals surface area contributed by atoms with Gasteiger partial charge in [0.15, 0.2) is 5.75 Å². The molecule has 1 unspecified atom stereocenters. The van der Waals surface area contributed by atoms with Crippen LogP contribution in [0.5, 0.6) is 11.5 Å². The summed E-state index contributed by atoms with van der Waals surface area (Å²) in [6.45, 7) is 1.93. The average molecular weight is 340 g/mol. The summed E-state index contributed by atoms with van der Waals surface area (Å²) in [4.78, 5) is 0.769. The highest BCUT2D eigenvalue weighted by Crippen LogP contribution is 2.33. The molecule has 0 fully saturated rings. The van der Waals surface area contributed by atoms with Crippen LogP contribution in [0, 0.1) is 6.92 Å². The predicted octanol–water partition coefficient (Wildman–Crippen LogP) is 3.87.